The number of benzene rings is 1. The van der Waals surface area contributed by atoms with Gasteiger partial charge in [0.05, 0.1) is 25.3 Å². The van der Waals surface area contributed by atoms with Gasteiger partial charge in [0, 0.05) is 17.8 Å². The number of anilines is 1. The average molecular weight is 289 g/mol. The highest BCUT2D eigenvalue weighted by Crippen LogP contribution is 2.24. The van der Waals surface area contributed by atoms with Crippen molar-refractivity contribution >= 4 is 11.7 Å². The maximum absolute atomic E-state index is 11.6. The minimum Gasteiger partial charge on any atom is -0.497 e. The van der Waals surface area contributed by atoms with Crippen LogP contribution < -0.4 is 10.1 Å². The van der Waals surface area contributed by atoms with Crippen molar-refractivity contribution in [2.24, 2.45) is 0 Å². The number of hydrogen-bond donors (Lipinski definition) is 2. The van der Waals surface area contributed by atoms with Gasteiger partial charge in [0.15, 0.2) is 6.04 Å². The Labute approximate surface area is 123 Å². The van der Waals surface area contributed by atoms with Crippen molar-refractivity contribution in [3.8, 4) is 5.75 Å². The summed E-state index contributed by atoms with van der Waals surface area (Å²) >= 11 is 0. The summed E-state index contributed by atoms with van der Waals surface area (Å²) in [6, 6.07) is 6.43. The second kappa shape index (κ2) is 6.30. The van der Waals surface area contributed by atoms with E-state index < -0.39 is 12.0 Å². The van der Waals surface area contributed by atoms with Crippen LogP contribution >= 0.6 is 0 Å². The van der Waals surface area contributed by atoms with E-state index in [-0.39, 0.29) is 6.04 Å². The first-order valence-corrected chi connectivity index (χ1v) is 6.68. The predicted octanol–water partition coefficient (Wildman–Crippen LogP) is 2.71. The van der Waals surface area contributed by atoms with E-state index in [0.717, 1.165) is 0 Å². The topological polar surface area (TPSA) is 76.4 Å². The fraction of sp³-hybridized carbons (Fsp3) is 0.333. The molecule has 0 saturated heterocycles. The molecule has 0 saturated carbocycles. The monoisotopic (exact) mass is 289 g/mol. The van der Waals surface area contributed by atoms with Gasteiger partial charge < -0.3 is 19.7 Å². The molecule has 6 nitrogen and oxygen atoms in total. The number of nitrogens with zero attached hydrogens (tertiary/aromatic N) is 2. The van der Waals surface area contributed by atoms with Crippen LogP contribution in [-0.4, -0.2) is 27.7 Å². The Morgan fingerprint density at radius 3 is 2.81 bits per heavy atom. The lowest BCUT2D eigenvalue weighted by molar-refractivity contribution is -0.138. The third-order valence-electron chi connectivity index (χ3n) is 3.18. The first-order valence-electron chi connectivity index (χ1n) is 6.68. The number of carboxylic acids is 1. The quantitative estimate of drug-likeness (QED) is 0.855. The highest BCUT2D eigenvalue weighted by Gasteiger charge is 2.24. The largest absolute Gasteiger partial charge is 0.497 e. The van der Waals surface area contributed by atoms with E-state index in [2.05, 4.69) is 10.3 Å². The Balaban J connectivity index is 2.31. The Morgan fingerprint density at radius 2 is 2.19 bits per heavy atom. The zero-order valence-corrected chi connectivity index (χ0v) is 12.3. The molecule has 0 aliphatic carbocycles. The van der Waals surface area contributed by atoms with Gasteiger partial charge in [-0.2, -0.15) is 0 Å². The summed E-state index contributed by atoms with van der Waals surface area (Å²) in [6.07, 6.45) is 3.22. The summed E-state index contributed by atoms with van der Waals surface area (Å²) in [5.41, 5.74) is 1.29. The number of methoxy groups -OCH3 is 1. The Bertz CT molecular complexity index is 622. The van der Waals surface area contributed by atoms with E-state index in [0.29, 0.717) is 17.1 Å². The lowest BCUT2D eigenvalue weighted by Gasteiger charge is -2.20. The van der Waals surface area contributed by atoms with E-state index in [1.807, 2.05) is 18.4 Å². The van der Waals surface area contributed by atoms with Crippen molar-refractivity contribution < 1.29 is 14.6 Å². The van der Waals surface area contributed by atoms with Crippen LogP contribution in [0.3, 0.4) is 0 Å². The van der Waals surface area contributed by atoms with Gasteiger partial charge in [-0.3, -0.25) is 0 Å². The van der Waals surface area contributed by atoms with Gasteiger partial charge >= 0.3 is 5.97 Å². The van der Waals surface area contributed by atoms with Crippen LogP contribution in [0.15, 0.2) is 36.8 Å². The number of aliphatic carboxylic acids is 1. The molecule has 0 fully saturated rings. The van der Waals surface area contributed by atoms with Crippen LogP contribution in [-0.2, 0) is 4.79 Å². The smallest absolute Gasteiger partial charge is 0.332 e. The number of hydrogen-bond acceptors (Lipinski definition) is 4. The van der Waals surface area contributed by atoms with Crippen molar-refractivity contribution in [3.63, 3.8) is 0 Å². The van der Waals surface area contributed by atoms with E-state index in [1.54, 1.807) is 43.9 Å². The molecule has 1 unspecified atom stereocenters. The molecule has 0 aliphatic heterocycles. The van der Waals surface area contributed by atoms with Crippen LogP contribution in [0.2, 0.25) is 0 Å². The fourth-order valence-corrected chi connectivity index (χ4v) is 2.11. The molecule has 112 valence electrons. The second-order valence-electron chi connectivity index (χ2n) is 4.97. The van der Waals surface area contributed by atoms with Crippen molar-refractivity contribution in [1.29, 1.82) is 0 Å². The SMILES string of the molecule is COc1cccc(NC(C(=O)O)c2cncn2C(C)C)c1. The number of aromatic nitrogens is 2. The van der Waals surface area contributed by atoms with Crippen LogP contribution in [0.4, 0.5) is 5.69 Å². The zero-order chi connectivity index (χ0) is 15.4. The molecule has 1 aromatic heterocycles. The highest BCUT2D eigenvalue weighted by molar-refractivity contribution is 5.78. The second-order valence-corrected chi connectivity index (χ2v) is 4.97. The van der Waals surface area contributed by atoms with Gasteiger partial charge in [0.1, 0.15) is 5.75 Å². The van der Waals surface area contributed by atoms with Gasteiger partial charge in [-0.1, -0.05) is 6.07 Å². The van der Waals surface area contributed by atoms with Gasteiger partial charge in [-0.15, -0.1) is 0 Å². The van der Waals surface area contributed by atoms with Crippen molar-refractivity contribution in [1.82, 2.24) is 9.55 Å². The highest BCUT2D eigenvalue weighted by atomic mass is 16.5. The van der Waals surface area contributed by atoms with Gasteiger partial charge in [0.25, 0.3) is 0 Å². The minimum absolute atomic E-state index is 0.136. The zero-order valence-electron chi connectivity index (χ0n) is 12.3. The molecule has 2 N–H and O–H groups in total. The molecular weight excluding hydrogens is 270 g/mol. The van der Waals surface area contributed by atoms with Crippen molar-refractivity contribution in [3.05, 3.63) is 42.5 Å². The Kier molecular flexibility index (Phi) is 4.47. The third kappa shape index (κ3) is 3.34. The van der Waals surface area contributed by atoms with Crippen molar-refractivity contribution in [2.75, 3.05) is 12.4 Å². The summed E-state index contributed by atoms with van der Waals surface area (Å²) in [7, 11) is 1.57. The molecule has 0 aliphatic rings. The lowest BCUT2D eigenvalue weighted by atomic mass is 10.2. The maximum Gasteiger partial charge on any atom is 0.332 e. The van der Waals surface area contributed by atoms with E-state index in [9.17, 15) is 9.90 Å². The van der Waals surface area contributed by atoms with E-state index in [4.69, 9.17) is 4.74 Å². The average Bonchev–Trinajstić information content (AvgIpc) is 2.94. The molecule has 1 atom stereocenters. The molecule has 0 radical (unpaired) electrons. The summed E-state index contributed by atoms with van der Waals surface area (Å²) in [5.74, 6) is -0.290. The normalized spacial score (nSPS) is 12.2. The number of carboxylic acid groups (broad SMARTS) is 1. The Hall–Kier alpha value is -2.50. The maximum atomic E-state index is 11.6. The number of ether oxygens (including phenoxy) is 1. The first kappa shape index (κ1) is 14.9. The first-order chi connectivity index (χ1) is 10.0. The molecule has 1 heterocycles. The molecule has 21 heavy (non-hydrogen) atoms. The molecule has 0 spiro atoms. The number of carbonyl (C=O) groups is 1. The van der Waals surface area contributed by atoms with Gasteiger partial charge in [-0.05, 0) is 26.0 Å². The summed E-state index contributed by atoms with van der Waals surface area (Å²) < 4.78 is 6.98. The number of rotatable bonds is 6. The van der Waals surface area contributed by atoms with Crippen molar-refractivity contribution in [2.45, 2.75) is 25.9 Å². The summed E-state index contributed by atoms with van der Waals surface area (Å²) in [4.78, 5) is 15.7. The fourth-order valence-electron chi connectivity index (χ4n) is 2.11. The minimum atomic E-state index is -0.958. The number of nitrogens with one attached hydrogen (secondary N) is 1. The van der Waals surface area contributed by atoms with E-state index in [1.165, 1.54) is 0 Å². The van der Waals surface area contributed by atoms with Gasteiger partial charge in [0.2, 0.25) is 0 Å². The lowest BCUT2D eigenvalue weighted by Crippen LogP contribution is -2.24. The van der Waals surface area contributed by atoms with Gasteiger partial charge in [-0.25, -0.2) is 9.78 Å². The molecule has 6 heteroatoms. The Morgan fingerprint density at radius 1 is 1.43 bits per heavy atom. The molecular formula is C15H19N3O3. The number of imidazole rings is 1. The molecule has 2 rings (SSSR count). The summed E-state index contributed by atoms with van der Waals surface area (Å²) in [5, 5.41) is 12.5. The van der Waals surface area contributed by atoms with Crippen LogP contribution in [0.1, 0.15) is 31.6 Å². The molecule has 0 amide bonds. The predicted molar refractivity (Wildman–Crippen MR) is 79.6 cm³/mol. The van der Waals surface area contributed by atoms with Crippen LogP contribution in [0, 0.1) is 0 Å². The molecule has 1 aromatic carbocycles. The van der Waals surface area contributed by atoms with E-state index >= 15 is 0 Å². The van der Waals surface area contributed by atoms with Crippen LogP contribution in [0.5, 0.6) is 5.75 Å². The molecule has 2 aromatic rings. The summed E-state index contributed by atoms with van der Waals surface area (Å²) in [6.45, 7) is 3.96. The standard InChI is InChI=1S/C15H19N3O3/c1-10(2)18-9-16-8-13(18)14(15(19)20)17-11-5-4-6-12(7-11)21-3/h4-10,14,17H,1-3H3,(H,19,20). The van der Waals surface area contributed by atoms with Crippen LogP contribution in [0.25, 0.3) is 0 Å². The molecule has 0 bridgehead atoms. The third-order valence-corrected chi connectivity index (χ3v) is 3.18.